The van der Waals surface area contributed by atoms with E-state index in [1.807, 2.05) is 6.08 Å². The summed E-state index contributed by atoms with van der Waals surface area (Å²) in [5.74, 6) is -0.129. The molecule has 0 bridgehead atoms. The summed E-state index contributed by atoms with van der Waals surface area (Å²) in [5, 5.41) is 0. The molecule has 0 aliphatic carbocycles. The van der Waals surface area contributed by atoms with Crippen LogP contribution in [0.25, 0.3) is 0 Å². The lowest BCUT2D eigenvalue weighted by atomic mass is 10.1. The average molecular weight is 170 g/mol. The summed E-state index contributed by atoms with van der Waals surface area (Å²) in [7, 11) is 1.55. The summed E-state index contributed by atoms with van der Waals surface area (Å²) in [6.45, 7) is 0. The minimum absolute atomic E-state index is 0.0731. The van der Waals surface area contributed by atoms with Crippen LogP contribution in [0.15, 0.2) is 12.2 Å². The van der Waals surface area contributed by atoms with Crippen LogP contribution in [-0.4, -0.2) is 25.7 Å². The van der Waals surface area contributed by atoms with E-state index in [4.69, 9.17) is 14.2 Å². The molecule has 0 saturated carbocycles. The molecule has 2 aliphatic heterocycles. The predicted octanol–water partition coefficient (Wildman–Crippen LogP) is 0.435. The fraction of sp³-hybridized carbons (Fsp3) is 0.625. The zero-order chi connectivity index (χ0) is 8.55. The first kappa shape index (κ1) is 7.76. The second kappa shape index (κ2) is 2.88. The van der Waals surface area contributed by atoms with Gasteiger partial charge in [-0.25, -0.2) is 0 Å². The molecule has 4 nitrogen and oxygen atoms in total. The Morgan fingerprint density at radius 1 is 1.58 bits per heavy atom. The smallest absolute Gasteiger partial charge is 0.308 e. The first-order valence-electron chi connectivity index (χ1n) is 3.85. The van der Waals surface area contributed by atoms with Gasteiger partial charge in [0, 0.05) is 7.11 Å². The van der Waals surface area contributed by atoms with Crippen molar-refractivity contribution in [3.05, 3.63) is 12.2 Å². The highest BCUT2D eigenvalue weighted by atomic mass is 16.8. The predicted molar refractivity (Wildman–Crippen MR) is 39.0 cm³/mol. The van der Waals surface area contributed by atoms with E-state index in [2.05, 4.69) is 0 Å². The summed E-state index contributed by atoms with van der Waals surface area (Å²) >= 11 is 0. The molecule has 0 aromatic rings. The summed E-state index contributed by atoms with van der Waals surface area (Å²) < 4.78 is 15.1. The molecule has 0 radical (unpaired) electrons. The quantitative estimate of drug-likeness (QED) is 0.423. The number of hydrogen-bond donors (Lipinski definition) is 0. The molecule has 2 rings (SSSR count). The Morgan fingerprint density at radius 2 is 2.42 bits per heavy atom. The van der Waals surface area contributed by atoms with E-state index in [0.29, 0.717) is 6.42 Å². The van der Waals surface area contributed by atoms with E-state index < -0.39 is 6.29 Å². The van der Waals surface area contributed by atoms with Gasteiger partial charge in [0.15, 0.2) is 6.29 Å². The van der Waals surface area contributed by atoms with Gasteiger partial charge in [0.1, 0.15) is 0 Å². The van der Waals surface area contributed by atoms with E-state index in [-0.39, 0.29) is 18.2 Å². The fourth-order valence-electron chi connectivity index (χ4n) is 1.39. The molecule has 12 heavy (non-hydrogen) atoms. The number of hydrogen-bond acceptors (Lipinski definition) is 4. The van der Waals surface area contributed by atoms with Crippen molar-refractivity contribution in [3.8, 4) is 0 Å². The van der Waals surface area contributed by atoms with Gasteiger partial charge in [0.05, 0.1) is 12.3 Å². The second-order valence-electron chi connectivity index (χ2n) is 2.85. The maximum Gasteiger partial charge on any atom is 0.308 e. The summed E-state index contributed by atoms with van der Waals surface area (Å²) in [5.41, 5.74) is 0. The van der Waals surface area contributed by atoms with Gasteiger partial charge in [-0.2, -0.15) is 0 Å². The third-order valence-electron chi connectivity index (χ3n) is 2.02. The van der Waals surface area contributed by atoms with E-state index in [9.17, 15) is 4.79 Å². The summed E-state index contributed by atoms with van der Waals surface area (Å²) in [6, 6.07) is 0. The lowest BCUT2D eigenvalue weighted by Gasteiger charge is -2.24. The maximum absolute atomic E-state index is 10.8. The van der Waals surface area contributed by atoms with Gasteiger partial charge in [-0.1, -0.05) is 6.08 Å². The molecule has 2 aliphatic rings. The SMILES string of the molecule is CO[C@H]1C=C[C@H]2CC(=O)O[C@@H]2O1. The number of rotatable bonds is 1. The molecular weight excluding hydrogens is 160 g/mol. The van der Waals surface area contributed by atoms with Crippen LogP contribution in [0, 0.1) is 5.92 Å². The molecule has 0 spiro atoms. The lowest BCUT2D eigenvalue weighted by molar-refractivity contribution is -0.217. The average Bonchev–Trinajstić information content (AvgIpc) is 2.43. The van der Waals surface area contributed by atoms with Crippen molar-refractivity contribution in [2.75, 3.05) is 7.11 Å². The van der Waals surface area contributed by atoms with Crippen molar-refractivity contribution in [2.24, 2.45) is 5.92 Å². The van der Waals surface area contributed by atoms with E-state index in [0.717, 1.165) is 0 Å². The number of ether oxygens (including phenoxy) is 3. The summed E-state index contributed by atoms with van der Waals surface area (Å²) in [4.78, 5) is 10.8. The number of carbonyl (C=O) groups is 1. The van der Waals surface area contributed by atoms with Gasteiger partial charge >= 0.3 is 5.97 Å². The van der Waals surface area contributed by atoms with Gasteiger partial charge in [0.25, 0.3) is 0 Å². The number of carbonyl (C=O) groups excluding carboxylic acids is 1. The molecule has 0 N–H and O–H groups in total. The van der Waals surface area contributed by atoms with Crippen LogP contribution >= 0.6 is 0 Å². The molecule has 0 amide bonds. The molecule has 66 valence electrons. The lowest BCUT2D eigenvalue weighted by Crippen LogP contribution is -2.29. The molecule has 0 unspecified atom stereocenters. The Labute approximate surface area is 70.1 Å². The monoisotopic (exact) mass is 170 g/mol. The topological polar surface area (TPSA) is 44.8 Å². The first-order chi connectivity index (χ1) is 5.79. The van der Waals surface area contributed by atoms with Gasteiger partial charge in [-0.15, -0.1) is 0 Å². The zero-order valence-electron chi connectivity index (χ0n) is 6.73. The largest absolute Gasteiger partial charge is 0.435 e. The third-order valence-corrected chi connectivity index (χ3v) is 2.02. The number of fused-ring (bicyclic) bond motifs is 1. The second-order valence-corrected chi connectivity index (χ2v) is 2.85. The Kier molecular flexibility index (Phi) is 1.86. The van der Waals surface area contributed by atoms with Crippen LogP contribution in [0.4, 0.5) is 0 Å². The first-order valence-corrected chi connectivity index (χ1v) is 3.85. The van der Waals surface area contributed by atoms with E-state index >= 15 is 0 Å². The molecule has 1 saturated heterocycles. The Morgan fingerprint density at radius 3 is 3.17 bits per heavy atom. The minimum Gasteiger partial charge on any atom is -0.435 e. The molecule has 3 atom stereocenters. The Bertz CT molecular complexity index is 223. The number of esters is 1. The molecule has 2 heterocycles. The van der Waals surface area contributed by atoms with Crippen LogP contribution in [-0.2, 0) is 19.0 Å². The van der Waals surface area contributed by atoms with Crippen LogP contribution in [0.3, 0.4) is 0 Å². The maximum atomic E-state index is 10.8. The van der Waals surface area contributed by atoms with Gasteiger partial charge in [-0.05, 0) is 6.08 Å². The highest BCUT2D eigenvalue weighted by Crippen LogP contribution is 2.29. The molecular formula is C8H10O4. The minimum atomic E-state index is -0.438. The molecule has 0 aromatic carbocycles. The van der Waals surface area contributed by atoms with Gasteiger partial charge in [0.2, 0.25) is 6.29 Å². The van der Waals surface area contributed by atoms with Gasteiger partial charge < -0.3 is 14.2 Å². The van der Waals surface area contributed by atoms with Crippen LogP contribution < -0.4 is 0 Å². The standard InChI is InChI=1S/C8H10O4/c1-10-7-3-2-5-4-6(9)11-8(5)12-7/h2-3,5,7-8H,4H2,1H3/t5-,7+,8+/m0/s1. The van der Waals surface area contributed by atoms with Crippen LogP contribution in [0.2, 0.25) is 0 Å². The summed E-state index contributed by atoms with van der Waals surface area (Å²) in [6.07, 6.45) is 3.30. The van der Waals surface area contributed by atoms with Crippen molar-refractivity contribution >= 4 is 5.97 Å². The Balaban J connectivity index is 2.07. The van der Waals surface area contributed by atoms with Gasteiger partial charge in [-0.3, -0.25) is 4.79 Å². The third kappa shape index (κ3) is 1.23. The van der Waals surface area contributed by atoms with Crippen LogP contribution in [0.1, 0.15) is 6.42 Å². The number of methoxy groups -OCH3 is 1. The highest BCUT2D eigenvalue weighted by Gasteiger charge is 2.37. The highest BCUT2D eigenvalue weighted by molar-refractivity contribution is 5.72. The van der Waals surface area contributed by atoms with Crippen molar-refractivity contribution in [3.63, 3.8) is 0 Å². The fourth-order valence-corrected chi connectivity index (χ4v) is 1.39. The van der Waals surface area contributed by atoms with Crippen molar-refractivity contribution in [1.82, 2.24) is 0 Å². The molecule has 1 fully saturated rings. The van der Waals surface area contributed by atoms with Crippen LogP contribution in [0.5, 0.6) is 0 Å². The van der Waals surface area contributed by atoms with Crippen molar-refractivity contribution in [2.45, 2.75) is 19.0 Å². The van der Waals surface area contributed by atoms with Crippen molar-refractivity contribution < 1.29 is 19.0 Å². The zero-order valence-corrected chi connectivity index (χ0v) is 6.73. The molecule has 0 aromatic heterocycles. The molecule has 4 heteroatoms. The Hall–Kier alpha value is -0.870. The normalized spacial score (nSPS) is 39.4. The van der Waals surface area contributed by atoms with E-state index in [1.165, 1.54) is 0 Å². The van der Waals surface area contributed by atoms with Crippen molar-refractivity contribution in [1.29, 1.82) is 0 Å². The van der Waals surface area contributed by atoms with E-state index in [1.54, 1.807) is 13.2 Å².